The number of aryl methyl sites for hydroxylation is 1. The smallest absolute Gasteiger partial charge is 0.180 e. The molecule has 7 nitrogen and oxygen atoms in total. The lowest BCUT2D eigenvalue weighted by Gasteiger charge is -2.30. The van der Waals surface area contributed by atoms with Crippen molar-refractivity contribution in [3.05, 3.63) is 21.7 Å². The summed E-state index contributed by atoms with van der Waals surface area (Å²) in [6.45, 7) is 5.03. The molecule has 1 N–H and O–H groups in total. The molecule has 1 atom stereocenters. The number of hydrogen-bond acceptors (Lipinski definition) is 7. The summed E-state index contributed by atoms with van der Waals surface area (Å²) in [7, 11) is 0. The van der Waals surface area contributed by atoms with E-state index in [1.54, 1.807) is 0 Å². The molecular weight excluding hydrogens is 312 g/mol. The van der Waals surface area contributed by atoms with E-state index in [2.05, 4.69) is 36.6 Å². The summed E-state index contributed by atoms with van der Waals surface area (Å²) in [6, 6.07) is 0. The number of aromatic amines is 1. The number of rotatable bonds is 5. The second-order valence-corrected chi connectivity index (χ2v) is 6.33. The van der Waals surface area contributed by atoms with Gasteiger partial charge in [0.15, 0.2) is 5.82 Å². The van der Waals surface area contributed by atoms with Gasteiger partial charge in [0.2, 0.25) is 0 Å². The zero-order chi connectivity index (χ0) is 14.7. The number of nitrogens with zero attached hydrogens (tertiary/aromatic N) is 5. The fourth-order valence-corrected chi connectivity index (χ4v) is 2.92. The Morgan fingerprint density at radius 1 is 1.52 bits per heavy atom. The van der Waals surface area contributed by atoms with Crippen molar-refractivity contribution in [1.29, 1.82) is 0 Å². The van der Waals surface area contributed by atoms with Gasteiger partial charge in [-0.05, 0) is 6.42 Å². The summed E-state index contributed by atoms with van der Waals surface area (Å²) in [5.41, 5.74) is 0.823. The maximum absolute atomic E-state index is 6.06. The molecule has 0 bridgehead atoms. The number of halogens is 1. The molecule has 1 aliphatic heterocycles. The van der Waals surface area contributed by atoms with Crippen LogP contribution in [0.1, 0.15) is 36.8 Å². The Morgan fingerprint density at radius 3 is 3.19 bits per heavy atom. The summed E-state index contributed by atoms with van der Waals surface area (Å²) < 4.78 is 10.3. The van der Waals surface area contributed by atoms with Crippen LogP contribution in [-0.2, 0) is 17.7 Å². The van der Waals surface area contributed by atoms with Crippen molar-refractivity contribution < 1.29 is 4.74 Å². The molecule has 1 fully saturated rings. The van der Waals surface area contributed by atoms with Crippen molar-refractivity contribution in [2.75, 3.05) is 19.7 Å². The molecule has 2 aromatic rings. The standard InChI is InChI=1S/C12H17ClN6OS/c1-2-3-10-14-12(17-16-10)9-7-19(4-5-20-9)6-8-11(13)21-18-15-8/h9H,2-7H2,1H3,(H,14,16,17)/t9-/m1/s1. The van der Waals surface area contributed by atoms with E-state index < -0.39 is 0 Å². The van der Waals surface area contributed by atoms with Crippen LogP contribution in [-0.4, -0.2) is 49.4 Å². The predicted octanol–water partition coefficient (Wildman–Crippen LogP) is 1.84. The Labute approximate surface area is 131 Å². The van der Waals surface area contributed by atoms with E-state index >= 15 is 0 Å². The van der Waals surface area contributed by atoms with E-state index in [9.17, 15) is 0 Å². The van der Waals surface area contributed by atoms with Crippen LogP contribution in [0.25, 0.3) is 0 Å². The highest BCUT2D eigenvalue weighted by atomic mass is 35.5. The first kappa shape index (κ1) is 14.8. The molecule has 3 rings (SSSR count). The zero-order valence-electron chi connectivity index (χ0n) is 11.8. The second kappa shape index (κ2) is 6.78. The van der Waals surface area contributed by atoms with E-state index in [0.29, 0.717) is 17.5 Å². The van der Waals surface area contributed by atoms with Gasteiger partial charge in [0.25, 0.3) is 0 Å². The van der Waals surface area contributed by atoms with Crippen molar-refractivity contribution >= 4 is 23.1 Å². The molecule has 0 radical (unpaired) electrons. The third-order valence-electron chi connectivity index (χ3n) is 3.36. The number of nitrogens with one attached hydrogen (secondary N) is 1. The van der Waals surface area contributed by atoms with Crippen molar-refractivity contribution in [1.82, 2.24) is 29.7 Å². The highest BCUT2D eigenvalue weighted by molar-refractivity contribution is 7.10. The number of hydrogen-bond donors (Lipinski definition) is 1. The normalized spacial score (nSPS) is 20.0. The molecule has 0 spiro atoms. The Balaban J connectivity index is 1.63. The van der Waals surface area contributed by atoms with Crippen LogP contribution in [0.4, 0.5) is 0 Å². The summed E-state index contributed by atoms with van der Waals surface area (Å²) >= 11 is 7.27. The minimum atomic E-state index is -0.106. The van der Waals surface area contributed by atoms with Crippen LogP contribution in [0.15, 0.2) is 0 Å². The molecule has 114 valence electrons. The summed E-state index contributed by atoms with van der Waals surface area (Å²) in [5.74, 6) is 1.64. The largest absolute Gasteiger partial charge is 0.367 e. The van der Waals surface area contributed by atoms with E-state index in [1.807, 2.05) is 0 Å². The lowest BCUT2D eigenvalue weighted by Crippen LogP contribution is -2.38. The molecule has 0 unspecified atom stereocenters. The van der Waals surface area contributed by atoms with Crippen LogP contribution < -0.4 is 0 Å². The Hall–Kier alpha value is -1.09. The Kier molecular flexibility index (Phi) is 4.79. The lowest BCUT2D eigenvalue weighted by molar-refractivity contribution is -0.0374. The molecule has 21 heavy (non-hydrogen) atoms. The molecule has 1 aliphatic rings. The fraction of sp³-hybridized carbons (Fsp3) is 0.667. The summed E-state index contributed by atoms with van der Waals surface area (Å²) in [5, 5.41) is 11.3. The molecule has 0 aromatic carbocycles. The molecule has 1 saturated heterocycles. The third-order valence-corrected chi connectivity index (χ3v) is 4.34. The first-order valence-electron chi connectivity index (χ1n) is 6.98. The van der Waals surface area contributed by atoms with E-state index in [0.717, 1.165) is 43.3 Å². The SMILES string of the molecule is CCCc1nc([C@H]2CN(Cc3nnsc3Cl)CCO2)n[nH]1. The van der Waals surface area contributed by atoms with Crippen LogP contribution >= 0.6 is 23.1 Å². The minimum absolute atomic E-state index is 0.106. The molecule has 0 aliphatic carbocycles. The van der Waals surface area contributed by atoms with Gasteiger partial charge in [0.05, 0.1) is 6.61 Å². The topological polar surface area (TPSA) is 79.8 Å². The minimum Gasteiger partial charge on any atom is -0.367 e. The second-order valence-electron chi connectivity index (χ2n) is 4.98. The third kappa shape index (κ3) is 3.57. The number of aromatic nitrogens is 5. The van der Waals surface area contributed by atoms with Gasteiger partial charge in [-0.3, -0.25) is 10.00 Å². The van der Waals surface area contributed by atoms with Crippen LogP contribution in [0.2, 0.25) is 4.34 Å². The van der Waals surface area contributed by atoms with Crippen molar-refractivity contribution in [2.24, 2.45) is 0 Å². The fourth-order valence-electron chi connectivity index (χ4n) is 2.31. The maximum Gasteiger partial charge on any atom is 0.180 e. The van der Waals surface area contributed by atoms with Crippen LogP contribution in [0.5, 0.6) is 0 Å². The maximum atomic E-state index is 6.06. The molecule has 9 heteroatoms. The molecule has 0 saturated carbocycles. The average molecular weight is 329 g/mol. The van der Waals surface area contributed by atoms with Gasteiger partial charge in [-0.15, -0.1) is 5.10 Å². The van der Waals surface area contributed by atoms with Gasteiger partial charge >= 0.3 is 0 Å². The Morgan fingerprint density at radius 2 is 2.43 bits per heavy atom. The van der Waals surface area contributed by atoms with Gasteiger partial charge in [-0.2, -0.15) is 5.10 Å². The van der Waals surface area contributed by atoms with Crippen LogP contribution in [0.3, 0.4) is 0 Å². The van der Waals surface area contributed by atoms with Crippen LogP contribution in [0, 0.1) is 0 Å². The van der Waals surface area contributed by atoms with Gasteiger partial charge in [0.1, 0.15) is 22.0 Å². The van der Waals surface area contributed by atoms with Gasteiger partial charge in [-0.25, -0.2) is 4.98 Å². The Bertz CT molecular complexity index is 588. The summed E-state index contributed by atoms with van der Waals surface area (Å²) in [4.78, 5) is 6.75. The first-order valence-corrected chi connectivity index (χ1v) is 8.13. The summed E-state index contributed by atoms with van der Waals surface area (Å²) in [6.07, 6.45) is 1.84. The highest BCUT2D eigenvalue weighted by Gasteiger charge is 2.26. The molecule has 2 aromatic heterocycles. The van der Waals surface area contributed by atoms with Gasteiger partial charge < -0.3 is 4.74 Å². The highest BCUT2D eigenvalue weighted by Crippen LogP contribution is 2.23. The first-order chi connectivity index (χ1) is 10.3. The van der Waals surface area contributed by atoms with E-state index in [4.69, 9.17) is 16.3 Å². The molecule has 3 heterocycles. The predicted molar refractivity (Wildman–Crippen MR) is 79.3 cm³/mol. The quantitative estimate of drug-likeness (QED) is 0.902. The van der Waals surface area contributed by atoms with Crippen molar-refractivity contribution in [3.8, 4) is 0 Å². The number of morpholine rings is 1. The lowest BCUT2D eigenvalue weighted by atomic mass is 10.2. The van der Waals surface area contributed by atoms with E-state index in [1.165, 1.54) is 11.5 Å². The average Bonchev–Trinajstić information content (AvgIpc) is 3.10. The van der Waals surface area contributed by atoms with Crippen molar-refractivity contribution in [2.45, 2.75) is 32.4 Å². The van der Waals surface area contributed by atoms with E-state index in [-0.39, 0.29) is 6.10 Å². The number of H-pyrrole nitrogens is 1. The van der Waals surface area contributed by atoms with Gasteiger partial charge in [-0.1, -0.05) is 23.0 Å². The molecular formula is C12H17ClN6OS. The molecule has 0 amide bonds. The zero-order valence-corrected chi connectivity index (χ0v) is 13.3. The monoisotopic (exact) mass is 328 g/mol. The van der Waals surface area contributed by atoms with Gasteiger partial charge in [0, 0.05) is 37.6 Å². The van der Waals surface area contributed by atoms with Crippen molar-refractivity contribution in [3.63, 3.8) is 0 Å². The number of ether oxygens (including phenoxy) is 1.